The van der Waals surface area contributed by atoms with E-state index in [9.17, 15) is 27.5 Å². The molecular weight excluding hydrogens is 629 g/mol. The number of hydrogen-bond acceptors (Lipinski definition) is 8. The fourth-order valence-corrected chi connectivity index (χ4v) is 7.71. The number of aliphatic imine (C=N–C) groups is 1. The van der Waals surface area contributed by atoms with Crippen LogP contribution in [0.25, 0.3) is 11.1 Å². The van der Waals surface area contributed by atoms with Crippen molar-refractivity contribution in [3.8, 4) is 11.1 Å². The minimum Gasteiger partial charge on any atom is -0.379 e. The molecule has 2 aromatic carbocycles. The van der Waals surface area contributed by atoms with E-state index >= 15 is 4.39 Å². The number of thioether (sulfide) groups is 1. The zero-order valence-electron chi connectivity index (χ0n) is 23.4. The standard InChI is InChI=1S/C29H29ClF5N5O3S/c1-2-23(41)38-3-5-39(6-4-38)27-18-11-19(29(33,34)35)24(17-12-20(30)22(32)13-21(17)31)26-25(18)40(28(42)36-27)14-16(15-44-26)37-7-9-43-10-8-37/h2,11-13,16,28,42H,1,3-10,14-15H2. The lowest BCUT2D eigenvalue weighted by Crippen LogP contribution is -2.54. The van der Waals surface area contributed by atoms with Crippen LogP contribution in [0.1, 0.15) is 11.1 Å². The molecule has 0 aromatic heterocycles. The van der Waals surface area contributed by atoms with Crippen molar-refractivity contribution in [2.75, 3.05) is 69.7 Å². The molecule has 6 rings (SSSR count). The molecule has 0 spiro atoms. The molecule has 2 saturated heterocycles. The summed E-state index contributed by atoms with van der Waals surface area (Å²) in [6, 6.07) is 2.08. The summed E-state index contributed by atoms with van der Waals surface area (Å²) >= 11 is 7.11. The topological polar surface area (TPSA) is 71.9 Å². The van der Waals surface area contributed by atoms with Crippen LogP contribution in [-0.4, -0.2) is 109 Å². The van der Waals surface area contributed by atoms with E-state index in [2.05, 4.69) is 16.5 Å². The summed E-state index contributed by atoms with van der Waals surface area (Å²) in [6.45, 7) is 7.01. The zero-order valence-corrected chi connectivity index (χ0v) is 25.0. The fraction of sp³-hybridized carbons (Fsp3) is 0.448. The quantitative estimate of drug-likeness (QED) is 0.300. The number of anilines is 1. The second kappa shape index (κ2) is 12.1. The first-order valence-electron chi connectivity index (χ1n) is 14.0. The Morgan fingerprint density at radius 3 is 2.43 bits per heavy atom. The number of carbonyl (C=O) groups excluding carboxylic acids is 1. The minimum atomic E-state index is -4.94. The third-order valence-electron chi connectivity index (χ3n) is 8.34. The second-order valence-electron chi connectivity index (χ2n) is 10.8. The van der Waals surface area contributed by atoms with E-state index in [4.69, 9.17) is 16.3 Å². The molecule has 4 aliphatic heterocycles. The second-order valence-corrected chi connectivity index (χ2v) is 12.3. The number of halogens is 6. The average molecular weight is 658 g/mol. The van der Waals surface area contributed by atoms with E-state index in [1.165, 1.54) is 6.08 Å². The Morgan fingerprint density at radius 2 is 1.77 bits per heavy atom. The maximum atomic E-state index is 15.4. The highest BCUT2D eigenvalue weighted by Crippen LogP contribution is 2.52. The molecule has 44 heavy (non-hydrogen) atoms. The van der Waals surface area contributed by atoms with Crippen LogP contribution >= 0.6 is 23.4 Å². The van der Waals surface area contributed by atoms with Gasteiger partial charge in [0.2, 0.25) is 12.3 Å². The number of nitrogens with zero attached hydrogens (tertiary/aromatic N) is 5. The lowest BCUT2D eigenvalue weighted by molar-refractivity contribution is -0.137. The van der Waals surface area contributed by atoms with E-state index in [1.54, 1.807) is 14.7 Å². The summed E-state index contributed by atoms with van der Waals surface area (Å²) in [5.74, 6) is -2.06. The van der Waals surface area contributed by atoms with E-state index in [-0.39, 0.29) is 66.7 Å². The Hall–Kier alpha value is -2.91. The molecule has 236 valence electrons. The number of ether oxygens (including phenoxy) is 1. The number of piperazine rings is 1. The van der Waals surface area contributed by atoms with Crippen LogP contribution in [0, 0.1) is 11.6 Å². The largest absolute Gasteiger partial charge is 0.417 e. The molecule has 0 aliphatic carbocycles. The number of alkyl halides is 3. The number of rotatable bonds is 3. The monoisotopic (exact) mass is 657 g/mol. The first-order valence-corrected chi connectivity index (χ1v) is 15.4. The van der Waals surface area contributed by atoms with Gasteiger partial charge in [0.25, 0.3) is 0 Å². The highest BCUT2D eigenvalue weighted by molar-refractivity contribution is 7.99. The molecule has 4 heterocycles. The van der Waals surface area contributed by atoms with Gasteiger partial charge in [-0.05, 0) is 18.2 Å². The van der Waals surface area contributed by atoms with E-state index < -0.39 is 45.9 Å². The molecule has 0 saturated carbocycles. The van der Waals surface area contributed by atoms with Gasteiger partial charge in [-0.25, -0.2) is 13.8 Å². The maximum absolute atomic E-state index is 15.4. The molecular formula is C29H29ClF5N5O3S. The van der Waals surface area contributed by atoms with Gasteiger partial charge in [-0.2, -0.15) is 13.2 Å². The molecule has 1 N–H and O–H groups in total. The number of aliphatic hydroxyl groups is 1. The average Bonchev–Trinajstić information content (AvgIpc) is 3.22. The number of aliphatic hydroxyl groups excluding tert-OH is 1. The first kappa shape index (κ1) is 31.1. The van der Waals surface area contributed by atoms with Crippen molar-refractivity contribution in [1.82, 2.24) is 14.7 Å². The van der Waals surface area contributed by atoms with Gasteiger partial charge in [0.15, 0.2) is 0 Å². The van der Waals surface area contributed by atoms with Crippen molar-refractivity contribution in [3.05, 3.63) is 58.6 Å². The Labute approximate surface area is 259 Å². The van der Waals surface area contributed by atoms with Crippen molar-refractivity contribution in [2.45, 2.75) is 23.5 Å². The number of carbonyl (C=O) groups is 1. The van der Waals surface area contributed by atoms with Gasteiger partial charge in [-0.3, -0.25) is 9.69 Å². The number of morpholine rings is 1. The molecule has 15 heteroatoms. The summed E-state index contributed by atoms with van der Waals surface area (Å²) in [4.78, 5) is 23.8. The van der Waals surface area contributed by atoms with Gasteiger partial charge in [-0.15, -0.1) is 11.8 Å². The van der Waals surface area contributed by atoms with Gasteiger partial charge in [0, 0.05) is 85.3 Å². The molecule has 2 atom stereocenters. The van der Waals surface area contributed by atoms with Gasteiger partial charge in [0.05, 0.1) is 29.5 Å². The first-order chi connectivity index (χ1) is 21.0. The zero-order chi connectivity index (χ0) is 31.3. The summed E-state index contributed by atoms with van der Waals surface area (Å²) in [6.07, 6.45) is -5.18. The van der Waals surface area contributed by atoms with Crippen molar-refractivity contribution >= 4 is 40.8 Å². The van der Waals surface area contributed by atoms with Crippen molar-refractivity contribution < 1.29 is 36.6 Å². The maximum Gasteiger partial charge on any atom is 0.417 e. The van der Waals surface area contributed by atoms with E-state index in [0.717, 1.165) is 23.9 Å². The lowest BCUT2D eigenvalue weighted by Gasteiger charge is -2.42. The van der Waals surface area contributed by atoms with Crippen LogP contribution in [-0.2, 0) is 15.7 Å². The number of hydrogen-bond donors (Lipinski definition) is 1. The summed E-state index contributed by atoms with van der Waals surface area (Å²) in [7, 11) is 0. The molecule has 1 amide bonds. The van der Waals surface area contributed by atoms with Crippen LogP contribution in [0.15, 0.2) is 40.7 Å². The molecule has 8 nitrogen and oxygen atoms in total. The number of amides is 1. The molecule has 2 unspecified atom stereocenters. The highest BCUT2D eigenvalue weighted by Gasteiger charge is 2.44. The normalized spacial score (nSPS) is 22.8. The van der Waals surface area contributed by atoms with Crippen LogP contribution in [0.4, 0.5) is 27.6 Å². The van der Waals surface area contributed by atoms with E-state index in [0.29, 0.717) is 38.1 Å². The molecule has 0 bridgehead atoms. The predicted molar refractivity (Wildman–Crippen MR) is 157 cm³/mol. The molecule has 4 aliphatic rings. The SMILES string of the molecule is C=CC(=O)N1CCN(C2=NC(O)N3CC(N4CCOCC4)CSc4c(-c5cc(Cl)c(F)cc5F)c(C(F)(F)F)cc2c43)CC1. The Balaban J connectivity index is 1.54. The molecule has 2 fully saturated rings. The smallest absolute Gasteiger partial charge is 0.379 e. The fourth-order valence-electron chi connectivity index (χ4n) is 6.14. The Bertz CT molecular complexity index is 1510. The van der Waals surface area contributed by atoms with Gasteiger partial charge in [-0.1, -0.05) is 18.2 Å². The highest BCUT2D eigenvalue weighted by atomic mass is 35.5. The van der Waals surface area contributed by atoms with Crippen LogP contribution in [0.5, 0.6) is 0 Å². The van der Waals surface area contributed by atoms with E-state index in [1.807, 2.05) is 0 Å². The molecule has 2 aromatic rings. The summed E-state index contributed by atoms with van der Waals surface area (Å²) < 4.78 is 79.7. The Morgan fingerprint density at radius 1 is 1.07 bits per heavy atom. The van der Waals surface area contributed by atoms with Gasteiger partial charge < -0.3 is 24.5 Å². The summed E-state index contributed by atoms with van der Waals surface area (Å²) in [5.41, 5.74) is -1.67. The lowest BCUT2D eigenvalue weighted by atomic mass is 9.92. The van der Waals surface area contributed by atoms with Crippen molar-refractivity contribution in [3.63, 3.8) is 0 Å². The summed E-state index contributed by atoms with van der Waals surface area (Å²) in [5, 5.41) is 10.9. The predicted octanol–water partition coefficient (Wildman–Crippen LogP) is 4.28. The number of benzene rings is 2. The van der Waals surface area contributed by atoms with Crippen molar-refractivity contribution in [1.29, 1.82) is 0 Å². The van der Waals surface area contributed by atoms with Crippen LogP contribution in [0.3, 0.4) is 0 Å². The third-order valence-corrected chi connectivity index (χ3v) is 9.87. The number of amidine groups is 1. The Kier molecular flexibility index (Phi) is 8.56. The molecule has 0 radical (unpaired) electrons. The third kappa shape index (κ3) is 5.66. The van der Waals surface area contributed by atoms with Crippen molar-refractivity contribution in [2.24, 2.45) is 4.99 Å². The van der Waals surface area contributed by atoms with Gasteiger partial charge >= 0.3 is 6.18 Å². The minimum absolute atomic E-state index is 0.0964. The van der Waals surface area contributed by atoms with Crippen LogP contribution in [0.2, 0.25) is 5.02 Å². The van der Waals surface area contributed by atoms with Crippen LogP contribution < -0.4 is 4.90 Å². The van der Waals surface area contributed by atoms with Gasteiger partial charge in [0.1, 0.15) is 17.5 Å².